The number of carboxylic acids is 1. The van der Waals surface area contributed by atoms with E-state index in [4.69, 9.17) is 28.3 Å². The third-order valence-electron chi connectivity index (χ3n) is 5.28. The zero-order valence-electron chi connectivity index (χ0n) is 18.0. The van der Waals surface area contributed by atoms with Gasteiger partial charge in [0, 0.05) is 13.5 Å². The number of hydrogen-bond donors (Lipinski definition) is 2. The van der Waals surface area contributed by atoms with Crippen LogP contribution in [0.4, 0.5) is 8.78 Å². The van der Waals surface area contributed by atoms with E-state index >= 15 is 0 Å². The number of benzene rings is 2. The summed E-state index contributed by atoms with van der Waals surface area (Å²) in [6.45, 7) is 3.41. The topological polar surface area (TPSA) is 84.2 Å². The lowest BCUT2D eigenvalue weighted by molar-refractivity contribution is 0.0696. The van der Waals surface area contributed by atoms with Crippen molar-refractivity contribution >= 4 is 35.1 Å². The van der Waals surface area contributed by atoms with Crippen molar-refractivity contribution in [1.82, 2.24) is 15.1 Å². The van der Waals surface area contributed by atoms with E-state index in [2.05, 4.69) is 10.4 Å². The Morgan fingerprint density at radius 3 is 2.42 bits per heavy atom. The van der Waals surface area contributed by atoms with Gasteiger partial charge in [-0.1, -0.05) is 35.3 Å². The van der Waals surface area contributed by atoms with Crippen LogP contribution in [-0.2, 0) is 13.5 Å². The van der Waals surface area contributed by atoms with Gasteiger partial charge in [0.05, 0.1) is 32.9 Å². The Kier molecular flexibility index (Phi) is 7.39. The fourth-order valence-corrected chi connectivity index (χ4v) is 4.02. The largest absolute Gasteiger partial charge is 0.478 e. The molecular formula is C23H21Cl2F2N3O3. The molecule has 3 rings (SSSR count). The summed E-state index contributed by atoms with van der Waals surface area (Å²) in [5.74, 6) is -1.77. The van der Waals surface area contributed by atoms with Gasteiger partial charge in [-0.3, -0.25) is 9.48 Å². The molecule has 6 nitrogen and oxygen atoms in total. The van der Waals surface area contributed by atoms with Crippen molar-refractivity contribution in [1.29, 1.82) is 0 Å². The fourth-order valence-electron chi connectivity index (χ4n) is 3.70. The monoisotopic (exact) mass is 495 g/mol. The quantitative estimate of drug-likeness (QED) is 0.436. The van der Waals surface area contributed by atoms with Gasteiger partial charge in [0.2, 0.25) is 0 Å². The van der Waals surface area contributed by atoms with Crippen LogP contribution in [0.2, 0.25) is 10.0 Å². The molecular weight excluding hydrogens is 475 g/mol. The van der Waals surface area contributed by atoms with Crippen molar-refractivity contribution in [2.75, 3.05) is 0 Å². The first-order valence-electron chi connectivity index (χ1n) is 9.92. The van der Waals surface area contributed by atoms with Crippen molar-refractivity contribution in [2.24, 2.45) is 7.05 Å². The van der Waals surface area contributed by atoms with E-state index in [0.717, 1.165) is 4.68 Å². The average molecular weight is 496 g/mol. The van der Waals surface area contributed by atoms with E-state index in [9.17, 15) is 18.4 Å². The number of alkyl halides is 2. The molecule has 0 aliphatic carbocycles. The highest BCUT2D eigenvalue weighted by Crippen LogP contribution is 2.29. The number of carbonyl (C=O) groups excluding carboxylic acids is 1. The third-order valence-corrected chi connectivity index (χ3v) is 6.02. The standard InChI is InChI=1S/C23H21Cl2F2N3O3/c1-11-8-14(23(32)33)5-6-15(11)12(2)28-22(31)19-18(29-30(3)20(19)21(26)27)10-13-4-7-16(24)17(25)9-13/h4-9,12,21H,10H2,1-3H3,(H,28,31)(H,32,33)/t12-/m0/s1. The minimum Gasteiger partial charge on any atom is -0.478 e. The van der Waals surface area contributed by atoms with Gasteiger partial charge in [-0.2, -0.15) is 5.10 Å². The van der Waals surface area contributed by atoms with Gasteiger partial charge in [-0.25, -0.2) is 13.6 Å². The molecule has 1 aromatic heterocycles. The first-order chi connectivity index (χ1) is 15.5. The number of halogens is 4. The van der Waals surface area contributed by atoms with Crippen LogP contribution in [0.3, 0.4) is 0 Å². The molecule has 3 aromatic rings. The van der Waals surface area contributed by atoms with Crippen LogP contribution < -0.4 is 5.32 Å². The van der Waals surface area contributed by atoms with Gasteiger partial charge in [0.25, 0.3) is 12.3 Å². The molecule has 1 amide bonds. The fraction of sp³-hybridized carbons (Fsp3) is 0.261. The molecule has 2 N–H and O–H groups in total. The number of aromatic nitrogens is 2. The summed E-state index contributed by atoms with van der Waals surface area (Å²) in [4.78, 5) is 24.3. The Bertz CT molecular complexity index is 1230. The number of nitrogens with zero attached hydrogens (tertiary/aromatic N) is 2. The van der Waals surface area contributed by atoms with Gasteiger partial charge in [0.1, 0.15) is 5.69 Å². The lowest BCUT2D eigenvalue weighted by Crippen LogP contribution is -2.29. The normalized spacial score (nSPS) is 12.1. The lowest BCUT2D eigenvalue weighted by atomic mass is 9.99. The molecule has 0 saturated heterocycles. The van der Waals surface area contributed by atoms with Crippen LogP contribution in [0.25, 0.3) is 0 Å². The summed E-state index contributed by atoms with van der Waals surface area (Å²) in [7, 11) is 1.36. The number of carboxylic acid groups (broad SMARTS) is 1. The first-order valence-corrected chi connectivity index (χ1v) is 10.7. The molecule has 0 bridgehead atoms. The molecule has 1 atom stereocenters. The van der Waals surface area contributed by atoms with Crippen LogP contribution in [0.1, 0.15) is 68.2 Å². The van der Waals surface area contributed by atoms with Crippen molar-refractivity contribution < 1.29 is 23.5 Å². The third kappa shape index (κ3) is 5.34. The molecule has 0 aliphatic rings. The average Bonchev–Trinajstić information content (AvgIpc) is 3.06. The smallest absolute Gasteiger partial charge is 0.335 e. The van der Waals surface area contributed by atoms with Crippen LogP contribution in [-0.4, -0.2) is 26.8 Å². The van der Waals surface area contributed by atoms with Crippen LogP contribution in [0, 0.1) is 6.92 Å². The molecule has 0 spiro atoms. The molecule has 0 fully saturated rings. The van der Waals surface area contributed by atoms with E-state index in [1.165, 1.54) is 19.2 Å². The first kappa shape index (κ1) is 24.7. The predicted octanol–water partition coefficient (Wildman–Crippen LogP) is 5.75. The van der Waals surface area contributed by atoms with Crippen molar-refractivity contribution in [2.45, 2.75) is 32.7 Å². The van der Waals surface area contributed by atoms with E-state index < -0.39 is 30.0 Å². The molecule has 0 unspecified atom stereocenters. The van der Waals surface area contributed by atoms with E-state index in [-0.39, 0.29) is 23.2 Å². The number of aromatic carboxylic acids is 1. The van der Waals surface area contributed by atoms with Crippen LogP contribution >= 0.6 is 23.2 Å². The Balaban J connectivity index is 1.94. The van der Waals surface area contributed by atoms with Gasteiger partial charge in [0.15, 0.2) is 0 Å². The number of amides is 1. The minimum atomic E-state index is -2.92. The summed E-state index contributed by atoms with van der Waals surface area (Å²) in [6.07, 6.45) is -2.82. The van der Waals surface area contributed by atoms with Crippen LogP contribution in [0.5, 0.6) is 0 Å². The SMILES string of the molecule is Cc1cc(C(=O)O)ccc1[C@H](C)NC(=O)c1c(Cc2ccc(Cl)c(Cl)c2)nn(C)c1C(F)F. The zero-order chi connectivity index (χ0) is 24.4. The molecule has 2 aromatic carbocycles. The molecule has 10 heteroatoms. The highest BCUT2D eigenvalue weighted by molar-refractivity contribution is 6.42. The second-order valence-electron chi connectivity index (χ2n) is 7.63. The molecule has 0 radical (unpaired) electrons. The molecule has 174 valence electrons. The Morgan fingerprint density at radius 2 is 1.85 bits per heavy atom. The van der Waals surface area contributed by atoms with E-state index in [1.807, 2.05) is 0 Å². The maximum atomic E-state index is 13.8. The predicted molar refractivity (Wildman–Crippen MR) is 121 cm³/mol. The van der Waals surface area contributed by atoms with Crippen LogP contribution in [0.15, 0.2) is 36.4 Å². The minimum absolute atomic E-state index is 0.0981. The number of hydrogen-bond acceptors (Lipinski definition) is 3. The Hall–Kier alpha value is -2.97. The maximum absolute atomic E-state index is 13.8. The lowest BCUT2D eigenvalue weighted by Gasteiger charge is -2.18. The summed E-state index contributed by atoms with van der Waals surface area (Å²) < 4.78 is 28.7. The van der Waals surface area contributed by atoms with Crippen molar-refractivity contribution in [3.63, 3.8) is 0 Å². The van der Waals surface area contributed by atoms with Crippen molar-refractivity contribution in [3.8, 4) is 0 Å². The highest BCUT2D eigenvalue weighted by atomic mass is 35.5. The number of carbonyl (C=O) groups is 2. The summed E-state index contributed by atoms with van der Waals surface area (Å²) in [5.41, 5.74) is 1.57. The zero-order valence-corrected chi connectivity index (χ0v) is 19.5. The summed E-state index contributed by atoms with van der Waals surface area (Å²) in [5, 5.41) is 16.7. The van der Waals surface area contributed by atoms with Gasteiger partial charge in [-0.15, -0.1) is 0 Å². The number of rotatable bonds is 7. The van der Waals surface area contributed by atoms with E-state index in [0.29, 0.717) is 26.7 Å². The number of aryl methyl sites for hydroxylation is 2. The second-order valence-corrected chi connectivity index (χ2v) is 8.44. The second kappa shape index (κ2) is 9.89. The van der Waals surface area contributed by atoms with Crippen molar-refractivity contribution in [3.05, 3.63) is 85.6 Å². The number of nitrogens with one attached hydrogen (secondary N) is 1. The maximum Gasteiger partial charge on any atom is 0.335 e. The van der Waals surface area contributed by atoms with Gasteiger partial charge < -0.3 is 10.4 Å². The summed E-state index contributed by atoms with van der Waals surface area (Å²) in [6, 6.07) is 8.81. The van der Waals surface area contributed by atoms with E-state index in [1.54, 1.807) is 38.1 Å². The molecule has 33 heavy (non-hydrogen) atoms. The van der Waals surface area contributed by atoms with Gasteiger partial charge >= 0.3 is 5.97 Å². The molecule has 0 aliphatic heterocycles. The molecule has 0 saturated carbocycles. The Morgan fingerprint density at radius 1 is 1.15 bits per heavy atom. The Labute approximate surface area is 199 Å². The summed E-state index contributed by atoms with van der Waals surface area (Å²) >= 11 is 12.0. The molecule has 1 heterocycles. The highest BCUT2D eigenvalue weighted by Gasteiger charge is 2.29. The van der Waals surface area contributed by atoms with Gasteiger partial charge in [-0.05, 0) is 54.8 Å².